The summed E-state index contributed by atoms with van der Waals surface area (Å²) >= 11 is 1.64. The van der Waals surface area contributed by atoms with E-state index in [9.17, 15) is 4.79 Å². The molecule has 4 heteroatoms. The van der Waals surface area contributed by atoms with Gasteiger partial charge in [-0.15, -0.1) is 11.3 Å². The molecule has 0 aliphatic heterocycles. The Balaban J connectivity index is 1.92. The van der Waals surface area contributed by atoms with Gasteiger partial charge in [-0.2, -0.15) is 0 Å². The number of benzene rings is 1. The Bertz CT molecular complexity index is 573. The van der Waals surface area contributed by atoms with Gasteiger partial charge in [0.1, 0.15) is 0 Å². The van der Waals surface area contributed by atoms with Crippen molar-refractivity contribution in [3.63, 3.8) is 0 Å². The highest BCUT2D eigenvalue weighted by Crippen LogP contribution is 2.28. The molecule has 1 aliphatic carbocycles. The predicted octanol–water partition coefficient (Wildman–Crippen LogP) is 2.89. The average molecular weight is 258 g/mol. The number of nitrogens with one attached hydrogen (secondary N) is 1. The minimum atomic E-state index is -0.0254. The third kappa shape index (κ3) is 2.38. The molecular formula is C14H14N2OS. The first kappa shape index (κ1) is 11.3. The molecule has 3 nitrogen and oxygen atoms in total. The lowest BCUT2D eigenvalue weighted by molar-refractivity contribution is 0.0951. The summed E-state index contributed by atoms with van der Waals surface area (Å²) in [6.07, 6.45) is 2.18. The van der Waals surface area contributed by atoms with E-state index in [2.05, 4.69) is 5.32 Å². The quantitative estimate of drug-likeness (QED) is 0.832. The Kier molecular flexibility index (Phi) is 2.80. The summed E-state index contributed by atoms with van der Waals surface area (Å²) in [5.74, 6) is -0.0254. The van der Waals surface area contributed by atoms with Crippen molar-refractivity contribution < 1.29 is 4.79 Å². The lowest BCUT2D eigenvalue weighted by Gasteiger charge is -2.07. The molecule has 0 atom stereocenters. The summed E-state index contributed by atoms with van der Waals surface area (Å²) < 4.78 is 0. The van der Waals surface area contributed by atoms with Crippen LogP contribution in [0.3, 0.4) is 0 Å². The predicted molar refractivity (Wildman–Crippen MR) is 74.7 cm³/mol. The maximum atomic E-state index is 12.0. The maximum absolute atomic E-state index is 12.0. The number of amides is 1. The van der Waals surface area contributed by atoms with Gasteiger partial charge in [-0.05, 0) is 48.1 Å². The van der Waals surface area contributed by atoms with Crippen molar-refractivity contribution in [2.45, 2.75) is 18.9 Å². The molecule has 1 aromatic heterocycles. The number of hydrogen-bond acceptors (Lipinski definition) is 3. The molecule has 0 unspecified atom stereocenters. The number of anilines is 1. The van der Waals surface area contributed by atoms with E-state index in [1.165, 1.54) is 0 Å². The largest absolute Gasteiger partial charge is 0.399 e. The minimum Gasteiger partial charge on any atom is -0.399 e. The van der Waals surface area contributed by atoms with Crippen LogP contribution in [0.5, 0.6) is 0 Å². The molecule has 1 aliphatic rings. The smallest absolute Gasteiger partial charge is 0.251 e. The van der Waals surface area contributed by atoms with Crippen LogP contribution >= 0.6 is 11.3 Å². The van der Waals surface area contributed by atoms with Gasteiger partial charge in [0.05, 0.1) is 0 Å². The summed E-state index contributed by atoms with van der Waals surface area (Å²) in [4.78, 5) is 13.1. The topological polar surface area (TPSA) is 55.1 Å². The van der Waals surface area contributed by atoms with Gasteiger partial charge in [0.15, 0.2) is 0 Å². The summed E-state index contributed by atoms with van der Waals surface area (Å²) in [5.41, 5.74) is 8.15. The fourth-order valence-electron chi connectivity index (χ4n) is 1.86. The first-order valence-electron chi connectivity index (χ1n) is 5.98. The molecule has 0 radical (unpaired) electrons. The van der Waals surface area contributed by atoms with Crippen LogP contribution < -0.4 is 11.1 Å². The molecule has 3 N–H and O–H groups in total. The number of nitrogen functional groups attached to an aromatic ring is 1. The van der Waals surface area contributed by atoms with Gasteiger partial charge in [0, 0.05) is 22.2 Å². The van der Waals surface area contributed by atoms with Crippen LogP contribution in [0.2, 0.25) is 0 Å². The second kappa shape index (κ2) is 4.46. The first-order chi connectivity index (χ1) is 8.72. The SMILES string of the molecule is Nc1cc(C(=O)NC2CC2)cc(-c2cccs2)c1. The standard InChI is InChI=1S/C14H14N2OS/c15-11-7-9(13-2-1-5-18-13)6-10(8-11)14(17)16-12-3-4-12/h1-2,5-8,12H,3-4,15H2,(H,16,17). The molecule has 92 valence electrons. The Hall–Kier alpha value is -1.81. The van der Waals surface area contributed by atoms with Crippen molar-refractivity contribution in [1.82, 2.24) is 5.32 Å². The number of nitrogens with two attached hydrogens (primary N) is 1. The second-order valence-electron chi connectivity index (χ2n) is 4.57. The molecule has 18 heavy (non-hydrogen) atoms. The Morgan fingerprint density at radius 1 is 1.33 bits per heavy atom. The fraction of sp³-hybridized carbons (Fsp3) is 0.214. The molecule has 1 heterocycles. The van der Waals surface area contributed by atoms with E-state index in [1.807, 2.05) is 29.6 Å². The van der Waals surface area contributed by atoms with Crippen LogP contribution in [-0.4, -0.2) is 11.9 Å². The van der Waals surface area contributed by atoms with Crippen molar-refractivity contribution in [2.24, 2.45) is 0 Å². The molecule has 0 bridgehead atoms. The van der Waals surface area contributed by atoms with Gasteiger partial charge in [-0.25, -0.2) is 0 Å². The zero-order chi connectivity index (χ0) is 12.5. The van der Waals surface area contributed by atoms with Crippen molar-refractivity contribution >= 4 is 22.9 Å². The van der Waals surface area contributed by atoms with E-state index in [-0.39, 0.29) is 5.91 Å². The van der Waals surface area contributed by atoms with E-state index in [0.717, 1.165) is 23.3 Å². The molecule has 0 saturated heterocycles. The highest BCUT2D eigenvalue weighted by atomic mass is 32.1. The molecule has 1 saturated carbocycles. The summed E-state index contributed by atoms with van der Waals surface area (Å²) in [5, 5.41) is 5.00. The van der Waals surface area contributed by atoms with Gasteiger partial charge in [-0.3, -0.25) is 4.79 Å². The molecule has 2 aromatic rings. The normalized spacial score (nSPS) is 14.4. The number of carbonyl (C=O) groups is 1. The third-order valence-corrected chi connectivity index (χ3v) is 3.85. The number of hydrogen-bond donors (Lipinski definition) is 2. The van der Waals surface area contributed by atoms with Gasteiger partial charge in [0.25, 0.3) is 5.91 Å². The Labute approximate surface area is 110 Å². The Morgan fingerprint density at radius 3 is 2.83 bits per heavy atom. The van der Waals surface area contributed by atoms with Crippen LogP contribution in [0.25, 0.3) is 10.4 Å². The van der Waals surface area contributed by atoms with Crippen LogP contribution in [0.1, 0.15) is 23.2 Å². The molecule has 3 rings (SSSR count). The minimum absolute atomic E-state index is 0.0254. The number of rotatable bonds is 3. The molecule has 1 amide bonds. The lowest BCUT2D eigenvalue weighted by atomic mass is 10.1. The summed E-state index contributed by atoms with van der Waals surface area (Å²) in [6, 6.07) is 9.92. The van der Waals surface area contributed by atoms with Gasteiger partial charge >= 0.3 is 0 Å². The van der Waals surface area contributed by atoms with Crippen molar-refractivity contribution in [3.05, 3.63) is 41.3 Å². The van der Waals surface area contributed by atoms with E-state index >= 15 is 0 Å². The highest BCUT2D eigenvalue weighted by molar-refractivity contribution is 7.13. The Morgan fingerprint density at radius 2 is 2.17 bits per heavy atom. The summed E-state index contributed by atoms with van der Waals surface area (Å²) in [6.45, 7) is 0. The lowest BCUT2D eigenvalue weighted by Crippen LogP contribution is -2.25. The van der Waals surface area contributed by atoms with Crippen molar-refractivity contribution in [2.75, 3.05) is 5.73 Å². The van der Waals surface area contributed by atoms with Crippen LogP contribution in [0.4, 0.5) is 5.69 Å². The van der Waals surface area contributed by atoms with Crippen molar-refractivity contribution in [1.29, 1.82) is 0 Å². The zero-order valence-electron chi connectivity index (χ0n) is 9.85. The molecule has 1 aromatic carbocycles. The fourth-order valence-corrected chi connectivity index (χ4v) is 2.58. The van der Waals surface area contributed by atoms with E-state index in [0.29, 0.717) is 17.3 Å². The van der Waals surface area contributed by atoms with Gasteiger partial charge in [-0.1, -0.05) is 6.07 Å². The molecule has 1 fully saturated rings. The van der Waals surface area contributed by atoms with E-state index < -0.39 is 0 Å². The average Bonchev–Trinajstić information content (AvgIpc) is 2.99. The van der Waals surface area contributed by atoms with Gasteiger partial charge in [0.2, 0.25) is 0 Å². The second-order valence-corrected chi connectivity index (χ2v) is 5.52. The van der Waals surface area contributed by atoms with Crippen molar-refractivity contribution in [3.8, 4) is 10.4 Å². The van der Waals surface area contributed by atoms with Gasteiger partial charge < -0.3 is 11.1 Å². The number of thiophene rings is 1. The zero-order valence-corrected chi connectivity index (χ0v) is 10.7. The van der Waals surface area contributed by atoms with Crippen LogP contribution in [-0.2, 0) is 0 Å². The van der Waals surface area contributed by atoms with Crippen LogP contribution in [0, 0.1) is 0 Å². The summed E-state index contributed by atoms with van der Waals surface area (Å²) in [7, 11) is 0. The monoisotopic (exact) mass is 258 g/mol. The number of carbonyl (C=O) groups excluding carboxylic acids is 1. The maximum Gasteiger partial charge on any atom is 0.251 e. The third-order valence-electron chi connectivity index (χ3n) is 2.94. The first-order valence-corrected chi connectivity index (χ1v) is 6.85. The molecule has 0 spiro atoms. The van der Waals surface area contributed by atoms with Crippen LogP contribution in [0.15, 0.2) is 35.7 Å². The van der Waals surface area contributed by atoms with E-state index in [1.54, 1.807) is 17.4 Å². The highest BCUT2D eigenvalue weighted by Gasteiger charge is 2.24. The molecular weight excluding hydrogens is 244 g/mol. The van der Waals surface area contributed by atoms with E-state index in [4.69, 9.17) is 5.73 Å².